The molecule has 0 saturated carbocycles. The van der Waals surface area contributed by atoms with Crippen molar-refractivity contribution in [1.82, 2.24) is 20.6 Å². The zero-order chi connectivity index (χ0) is 37.7. The van der Waals surface area contributed by atoms with Crippen LogP contribution in [-0.4, -0.2) is 62.6 Å². The topological polar surface area (TPSA) is 168 Å². The number of unbranched alkanes of at least 4 members (excludes halogenated alkanes) is 4. The molecule has 2 heterocycles. The number of hydrogen-bond acceptors (Lipinski definition) is 8. The third-order valence-electron chi connectivity index (χ3n) is 8.46. The number of carbonyl (C=O) groups is 4. The zero-order valence-electron chi connectivity index (χ0n) is 30.2. The van der Waals surface area contributed by atoms with Gasteiger partial charge in [0.2, 0.25) is 5.91 Å². The second-order valence-corrected chi connectivity index (χ2v) is 14.8. The van der Waals surface area contributed by atoms with Gasteiger partial charge in [0, 0.05) is 41.2 Å². The Labute approximate surface area is 308 Å². The van der Waals surface area contributed by atoms with E-state index in [0.29, 0.717) is 22.9 Å². The van der Waals surface area contributed by atoms with E-state index in [1.165, 1.54) is 37.0 Å². The number of hydrogen-bond donors (Lipinski definition) is 4. The van der Waals surface area contributed by atoms with E-state index in [1.807, 2.05) is 63.2 Å². The molecule has 0 fully saturated rings. The highest BCUT2D eigenvalue weighted by Crippen LogP contribution is 2.29. The van der Waals surface area contributed by atoms with Crippen LogP contribution in [0.5, 0.6) is 5.75 Å². The number of carboxylic acids is 2. The maximum atomic E-state index is 13.4. The molecule has 0 aliphatic heterocycles. The molecule has 12 heteroatoms. The van der Waals surface area contributed by atoms with E-state index in [0.717, 1.165) is 33.7 Å². The Bertz CT molecular complexity index is 1780. The molecule has 52 heavy (non-hydrogen) atoms. The van der Waals surface area contributed by atoms with Crippen molar-refractivity contribution in [1.29, 1.82) is 0 Å². The molecule has 4 rings (SSSR count). The first-order chi connectivity index (χ1) is 24.8. The molecule has 2 aromatic carbocycles. The highest BCUT2D eigenvalue weighted by molar-refractivity contribution is 7.14. The zero-order valence-corrected chi connectivity index (χ0v) is 31.0. The van der Waals surface area contributed by atoms with Crippen LogP contribution < -0.4 is 15.4 Å². The fraction of sp³-hybridized carbons (Fsp3) is 0.400. The van der Waals surface area contributed by atoms with Crippen molar-refractivity contribution in [3.63, 3.8) is 0 Å². The number of thiophene rings is 1. The van der Waals surface area contributed by atoms with Gasteiger partial charge in [-0.15, -0.1) is 11.3 Å². The molecule has 276 valence electrons. The summed E-state index contributed by atoms with van der Waals surface area (Å²) >= 11 is 1.32. The fourth-order valence-corrected chi connectivity index (χ4v) is 6.36. The summed E-state index contributed by atoms with van der Waals surface area (Å²) in [6, 6.07) is 16.1. The average Bonchev–Trinajstić information content (AvgIpc) is 3.64. The van der Waals surface area contributed by atoms with Gasteiger partial charge in [0.05, 0.1) is 11.5 Å². The van der Waals surface area contributed by atoms with Gasteiger partial charge in [-0.05, 0) is 53.6 Å². The monoisotopic (exact) mass is 728 g/mol. The normalized spacial score (nSPS) is 12.5. The van der Waals surface area contributed by atoms with Crippen molar-refractivity contribution in [2.45, 2.75) is 96.6 Å². The molecule has 0 radical (unpaired) electrons. The molecule has 2 aromatic heterocycles. The van der Waals surface area contributed by atoms with Crippen LogP contribution in [0.15, 0.2) is 73.1 Å². The van der Waals surface area contributed by atoms with E-state index in [-0.39, 0.29) is 18.3 Å². The first-order valence-electron chi connectivity index (χ1n) is 17.6. The second-order valence-electron chi connectivity index (χ2n) is 13.8. The van der Waals surface area contributed by atoms with E-state index >= 15 is 0 Å². The fourth-order valence-electron chi connectivity index (χ4n) is 5.39. The lowest BCUT2D eigenvalue weighted by Gasteiger charge is -2.21. The molecule has 11 nitrogen and oxygen atoms in total. The summed E-state index contributed by atoms with van der Waals surface area (Å²) in [5.74, 6) is -2.41. The Morgan fingerprint density at radius 2 is 1.44 bits per heavy atom. The van der Waals surface area contributed by atoms with Crippen LogP contribution in [0.25, 0.3) is 22.5 Å². The van der Waals surface area contributed by atoms with Crippen LogP contribution in [0.4, 0.5) is 0 Å². The van der Waals surface area contributed by atoms with Crippen LogP contribution in [-0.2, 0) is 26.2 Å². The van der Waals surface area contributed by atoms with Crippen LogP contribution in [0.1, 0.15) is 92.8 Å². The average molecular weight is 729 g/mol. The van der Waals surface area contributed by atoms with Gasteiger partial charge in [-0.3, -0.25) is 14.4 Å². The summed E-state index contributed by atoms with van der Waals surface area (Å²) in [7, 11) is 0. The van der Waals surface area contributed by atoms with Gasteiger partial charge in [0.15, 0.2) is 5.82 Å². The van der Waals surface area contributed by atoms with Crippen molar-refractivity contribution < 1.29 is 34.1 Å². The number of aromatic nitrogens is 2. The van der Waals surface area contributed by atoms with Gasteiger partial charge in [-0.1, -0.05) is 89.8 Å². The van der Waals surface area contributed by atoms with Crippen molar-refractivity contribution in [2.75, 3.05) is 6.61 Å². The minimum atomic E-state index is -1.43. The molecule has 0 saturated heterocycles. The summed E-state index contributed by atoms with van der Waals surface area (Å²) in [5, 5.41) is 23.8. The van der Waals surface area contributed by atoms with Gasteiger partial charge < -0.3 is 25.6 Å². The Hall–Kier alpha value is -5.10. The lowest BCUT2D eigenvalue weighted by Crippen LogP contribution is -2.52. The molecule has 2 amide bonds. The molecular weight excluding hydrogens is 681 g/mol. The highest BCUT2D eigenvalue weighted by Gasteiger charge is 2.28. The number of rotatable bonds is 19. The first kappa shape index (κ1) is 39.7. The molecule has 0 aliphatic carbocycles. The Kier molecular flexibility index (Phi) is 14.5. The third kappa shape index (κ3) is 12.0. The largest absolute Gasteiger partial charge is 0.494 e. The van der Waals surface area contributed by atoms with Gasteiger partial charge in [0.25, 0.3) is 5.91 Å². The SMILES string of the molecule is CCCCCCCOc1ccc(-c2cnc(-c3ccc(C[C@H](NC(=O)c4ccc(C(C)(C)C)s4)C(=O)N[C@H](CCC(=O)O)C(=O)O)cc3)nc2)cc1. The van der Waals surface area contributed by atoms with Crippen LogP contribution in [0, 0.1) is 0 Å². The summed E-state index contributed by atoms with van der Waals surface area (Å²) in [4.78, 5) is 60.1. The number of carboxylic acid groups (broad SMARTS) is 2. The first-order valence-corrected chi connectivity index (χ1v) is 18.5. The Morgan fingerprint density at radius 3 is 2.04 bits per heavy atom. The molecule has 0 spiro atoms. The van der Waals surface area contributed by atoms with Gasteiger partial charge in [-0.25, -0.2) is 14.8 Å². The lowest BCUT2D eigenvalue weighted by atomic mass is 9.95. The van der Waals surface area contributed by atoms with Crippen LogP contribution in [0.3, 0.4) is 0 Å². The van der Waals surface area contributed by atoms with Crippen molar-refractivity contribution in [3.05, 3.63) is 88.4 Å². The Morgan fingerprint density at radius 1 is 0.788 bits per heavy atom. The molecule has 0 aliphatic rings. The van der Waals surface area contributed by atoms with E-state index in [9.17, 15) is 24.3 Å². The maximum Gasteiger partial charge on any atom is 0.326 e. The maximum absolute atomic E-state index is 13.4. The summed E-state index contributed by atoms with van der Waals surface area (Å²) < 4.78 is 5.88. The summed E-state index contributed by atoms with van der Waals surface area (Å²) in [6.45, 7) is 9.02. The molecule has 0 unspecified atom stereocenters. The number of amides is 2. The molecule has 2 atom stereocenters. The Balaban J connectivity index is 1.43. The summed E-state index contributed by atoms with van der Waals surface area (Å²) in [6.07, 6.45) is 8.77. The van der Waals surface area contributed by atoms with Gasteiger partial charge in [-0.2, -0.15) is 0 Å². The van der Waals surface area contributed by atoms with Crippen molar-refractivity contribution >= 4 is 35.1 Å². The molecule has 4 N–H and O–H groups in total. The van der Waals surface area contributed by atoms with E-state index in [2.05, 4.69) is 27.5 Å². The third-order valence-corrected chi connectivity index (χ3v) is 9.97. The highest BCUT2D eigenvalue weighted by atomic mass is 32.1. The quantitative estimate of drug-likeness (QED) is 0.0725. The molecule has 0 bridgehead atoms. The van der Waals surface area contributed by atoms with Crippen LogP contribution >= 0.6 is 11.3 Å². The predicted molar refractivity (Wildman–Crippen MR) is 202 cm³/mol. The van der Waals surface area contributed by atoms with E-state index in [1.54, 1.807) is 30.6 Å². The minimum absolute atomic E-state index is 0.0546. The standard InChI is InChI=1S/C40H48N4O7S/c1-5-6-7-8-9-22-51-30-16-14-27(15-17-30)29-24-41-36(42-25-29)28-12-10-26(11-13-28)23-32(37(47)43-31(39(49)50)18-21-35(45)46)44-38(48)33-19-20-34(52-33)40(2,3)4/h10-17,19-20,24-25,31-32H,5-9,18,21-23H2,1-4H3,(H,43,47)(H,44,48)(H,45,46)(H,49,50)/t31-,32+/m1/s1. The van der Waals surface area contributed by atoms with Crippen molar-refractivity contribution in [3.8, 4) is 28.3 Å². The van der Waals surface area contributed by atoms with E-state index < -0.39 is 42.3 Å². The smallest absolute Gasteiger partial charge is 0.326 e. The minimum Gasteiger partial charge on any atom is -0.494 e. The van der Waals surface area contributed by atoms with Crippen molar-refractivity contribution in [2.24, 2.45) is 0 Å². The number of aliphatic carboxylic acids is 2. The number of carbonyl (C=O) groups excluding carboxylic acids is 2. The number of ether oxygens (including phenoxy) is 1. The molecule has 4 aromatic rings. The number of benzene rings is 2. The van der Waals surface area contributed by atoms with Gasteiger partial charge in [0.1, 0.15) is 17.8 Å². The summed E-state index contributed by atoms with van der Waals surface area (Å²) in [5.41, 5.74) is 3.10. The second kappa shape index (κ2) is 18.9. The number of nitrogens with one attached hydrogen (secondary N) is 2. The lowest BCUT2D eigenvalue weighted by molar-refractivity contribution is -0.143. The van der Waals surface area contributed by atoms with E-state index in [4.69, 9.17) is 9.84 Å². The molecular formula is C40H48N4O7S. The van der Waals surface area contributed by atoms with Crippen LogP contribution in [0.2, 0.25) is 0 Å². The predicted octanol–water partition coefficient (Wildman–Crippen LogP) is 7.29. The number of nitrogens with zero attached hydrogens (tertiary/aromatic N) is 2. The van der Waals surface area contributed by atoms with Gasteiger partial charge >= 0.3 is 11.9 Å².